The van der Waals surface area contributed by atoms with E-state index in [0.29, 0.717) is 17.7 Å². The molecule has 0 aliphatic carbocycles. The molecule has 0 bridgehead atoms. The standard InChI is InChI=1S/C26H30N4O3S/c1-4-17-7-11-19(12-8-17)27-25(32)28-20-13-9-18(10-14-20)23-22(24(31)33-3)21(5-2)29-26-30(23)15-6-16-34-26/h7-14,23H,4-6,15-16H2,1-3H3,(H2,27,28,32)/t23-/m0/s1. The molecule has 0 saturated carbocycles. The van der Waals surface area contributed by atoms with E-state index >= 15 is 0 Å². The number of esters is 1. The number of nitrogens with one attached hydrogen (secondary N) is 2. The average Bonchev–Trinajstić information content (AvgIpc) is 2.88. The SMILES string of the molecule is CCC1=C(C(=O)OC)[C@H](c2ccc(NC(=O)Nc3ccc(CC)cc3)cc2)N2CCCSC2=N1. The van der Waals surface area contributed by atoms with Crippen LogP contribution in [-0.4, -0.2) is 41.5 Å². The van der Waals surface area contributed by atoms with Crippen LogP contribution in [0.25, 0.3) is 0 Å². The number of rotatable bonds is 6. The van der Waals surface area contributed by atoms with Gasteiger partial charge in [-0.2, -0.15) is 0 Å². The van der Waals surface area contributed by atoms with E-state index in [4.69, 9.17) is 9.73 Å². The number of fused-ring (bicyclic) bond motifs is 1. The number of nitrogens with zero attached hydrogens (tertiary/aromatic N) is 2. The molecule has 2 aliphatic heterocycles. The minimum atomic E-state index is -0.351. The third-order valence-corrected chi connectivity index (χ3v) is 7.07. The quantitative estimate of drug-likeness (QED) is 0.530. The van der Waals surface area contributed by atoms with Crippen LogP contribution in [0.4, 0.5) is 16.2 Å². The van der Waals surface area contributed by atoms with E-state index in [1.54, 1.807) is 11.8 Å². The van der Waals surface area contributed by atoms with Crippen molar-refractivity contribution in [3.63, 3.8) is 0 Å². The first-order chi connectivity index (χ1) is 16.5. The topological polar surface area (TPSA) is 83.0 Å². The zero-order chi connectivity index (χ0) is 24.1. The second-order valence-corrected chi connectivity index (χ2v) is 9.21. The number of hydrogen-bond donors (Lipinski definition) is 2. The van der Waals surface area contributed by atoms with Crippen molar-refractivity contribution < 1.29 is 14.3 Å². The van der Waals surface area contributed by atoms with Crippen molar-refractivity contribution >= 4 is 40.3 Å². The number of amides is 2. The number of benzene rings is 2. The first-order valence-electron chi connectivity index (χ1n) is 11.6. The molecule has 2 aromatic rings. The molecule has 1 fully saturated rings. The Kier molecular flexibility index (Phi) is 7.57. The molecule has 178 valence electrons. The number of amidine groups is 1. The van der Waals surface area contributed by atoms with Gasteiger partial charge in [-0.25, -0.2) is 14.6 Å². The van der Waals surface area contributed by atoms with Crippen molar-refractivity contribution in [2.45, 2.75) is 39.2 Å². The minimum Gasteiger partial charge on any atom is -0.466 e. The number of aliphatic imine (C=N–C) groups is 1. The number of hydrogen-bond acceptors (Lipinski definition) is 6. The van der Waals surface area contributed by atoms with Crippen LogP contribution in [0.15, 0.2) is 64.8 Å². The molecule has 34 heavy (non-hydrogen) atoms. The lowest BCUT2D eigenvalue weighted by atomic mass is 9.93. The zero-order valence-electron chi connectivity index (χ0n) is 19.8. The van der Waals surface area contributed by atoms with E-state index in [0.717, 1.165) is 47.3 Å². The van der Waals surface area contributed by atoms with Crippen molar-refractivity contribution in [1.29, 1.82) is 0 Å². The number of anilines is 2. The fraction of sp³-hybridized carbons (Fsp3) is 0.346. The molecule has 0 radical (unpaired) electrons. The first kappa shape index (κ1) is 23.9. The lowest BCUT2D eigenvalue weighted by molar-refractivity contribution is -0.136. The van der Waals surface area contributed by atoms with E-state index in [-0.39, 0.29) is 18.0 Å². The molecule has 0 aromatic heterocycles. The highest BCUT2D eigenvalue weighted by molar-refractivity contribution is 8.13. The molecule has 1 saturated heterocycles. The highest BCUT2D eigenvalue weighted by atomic mass is 32.2. The van der Waals surface area contributed by atoms with Gasteiger partial charge in [0.25, 0.3) is 0 Å². The Morgan fingerprint density at radius 2 is 1.68 bits per heavy atom. The number of ether oxygens (including phenoxy) is 1. The number of urea groups is 1. The van der Waals surface area contributed by atoms with Gasteiger partial charge in [0.2, 0.25) is 0 Å². The number of carbonyl (C=O) groups excluding carboxylic acids is 2. The Hall–Kier alpha value is -3.26. The molecule has 2 aromatic carbocycles. The van der Waals surface area contributed by atoms with E-state index in [1.807, 2.05) is 55.5 Å². The second-order valence-electron chi connectivity index (χ2n) is 8.15. The van der Waals surface area contributed by atoms with Crippen molar-refractivity contribution in [2.24, 2.45) is 4.99 Å². The van der Waals surface area contributed by atoms with Crippen molar-refractivity contribution in [3.8, 4) is 0 Å². The zero-order valence-corrected chi connectivity index (χ0v) is 20.6. The van der Waals surface area contributed by atoms with E-state index in [2.05, 4.69) is 22.5 Å². The van der Waals surface area contributed by atoms with Gasteiger partial charge in [-0.15, -0.1) is 0 Å². The summed E-state index contributed by atoms with van der Waals surface area (Å²) in [7, 11) is 1.41. The van der Waals surface area contributed by atoms with Gasteiger partial charge < -0.3 is 20.3 Å². The van der Waals surface area contributed by atoms with Gasteiger partial charge in [0, 0.05) is 23.7 Å². The molecule has 2 heterocycles. The highest BCUT2D eigenvalue weighted by Crippen LogP contribution is 2.40. The number of carbonyl (C=O) groups is 2. The van der Waals surface area contributed by atoms with Crippen molar-refractivity contribution in [1.82, 2.24) is 4.90 Å². The summed E-state index contributed by atoms with van der Waals surface area (Å²) in [6.07, 6.45) is 2.63. The maximum atomic E-state index is 12.8. The van der Waals surface area contributed by atoms with Crippen LogP contribution in [0.3, 0.4) is 0 Å². The first-order valence-corrected chi connectivity index (χ1v) is 12.6. The summed E-state index contributed by atoms with van der Waals surface area (Å²) >= 11 is 1.73. The van der Waals surface area contributed by atoms with Gasteiger partial charge in [0.15, 0.2) is 5.17 Å². The lowest BCUT2D eigenvalue weighted by Gasteiger charge is -2.40. The Balaban J connectivity index is 1.54. The molecule has 2 aliphatic rings. The van der Waals surface area contributed by atoms with Gasteiger partial charge >= 0.3 is 12.0 Å². The molecule has 4 rings (SSSR count). The molecule has 8 heteroatoms. The van der Waals surface area contributed by atoms with Gasteiger partial charge in [0.05, 0.1) is 24.4 Å². The predicted molar refractivity (Wildman–Crippen MR) is 138 cm³/mol. The average molecular weight is 479 g/mol. The van der Waals surface area contributed by atoms with Crippen LogP contribution in [0.1, 0.15) is 43.9 Å². The summed E-state index contributed by atoms with van der Waals surface area (Å²) < 4.78 is 5.14. The molecule has 0 spiro atoms. The summed E-state index contributed by atoms with van der Waals surface area (Å²) in [5.74, 6) is 0.669. The van der Waals surface area contributed by atoms with Crippen molar-refractivity contribution in [3.05, 3.63) is 70.9 Å². The van der Waals surface area contributed by atoms with Crippen LogP contribution >= 0.6 is 11.8 Å². The van der Waals surface area contributed by atoms with Crippen LogP contribution in [0.5, 0.6) is 0 Å². The maximum Gasteiger partial charge on any atom is 0.338 e. The fourth-order valence-electron chi connectivity index (χ4n) is 4.22. The van der Waals surface area contributed by atoms with E-state index in [1.165, 1.54) is 12.7 Å². The number of aryl methyl sites for hydroxylation is 1. The molecular weight excluding hydrogens is 448 g/mol. The summed E-state index contributed by atoms with van der Waals surface area (Å²) in [5.41, 5.74) is 4.95. The van der Waals surface area contributed by atoms with Crippen molar-refractivity contribution in [2.75, 3.05) is 30.0 Å². The van der Waals surface area contributed by atoms with Crippen LogP contribution in [-0.2, 0) is 16.0 Å². The monoisotopic (exact) mass is 478 g/mol. The molecular formula is C26H30N4O3S. The molecule has 1 atom stereocenters. The van der Waals surface area contributed by atoms with Crippen LogP contribution in [0.2, 0.25) is 0 Å². The maximum absolute atomic E-state index is 12.8. The van der Waals surface area contributed by atoms with E-state index < -0.39 is 0 Å². The normalized spacial score (nSPS) is 17.6. The number of methoxy groups -OCH3 is 1. The molecule has 2 N–H and O–H groups in total. The molecule has 0 unspecified atom stereocenters. The Morgan fingerprint density at radius 1 is 1.03 bits per heavy atom. The van der Waals surface area contributed by atoms with Gasteiger partial charge in [-0.1, -0.05) is 49.9 Å². The van der Waals surface area contributed by atoms with E-state index in [9.17, 15) is 9.59 Å². The largest absolute Gasteiger partial charge is 0.466 e. The minimum absolute atomic E-state index is 0.261. The summed E-state index contributed by atoms with van der Waals surface area (Å²) in [4.78, 5) is 32.2. The van der Waals surface area contributed by atoms with Gasteiger partial charge in [-0.3, -0.25) is 0 Å². The third-order valence-electron chi connectivity index (χ3n) is 5.99. The molecule has 2 amide bonds. The number of thioether (sulfide) groups is 1. The smallest absolute Gasteiger partial charge is 0.338 e. The Morgan fingerprint density at radius 3 is 2.26 bits per heavy atom. The second kappa shape index (κ2) is 10.8. The van der Waals surface area contributed by atoms with Crippen LogP contribution < -0.4 is 10.6 Å². The lowest BCUT2D eigenvalue weighted by Crippen LogP contribution is -2.42. The Labute approximate surface area is 204 Å². The Bertz CT molecular complexity index is 1110. The summed E-state index contributed by atoms with van der Waals surface area (Å²) in [6.45, 7) is 4.92. The fourth-order valence-corrected chi connectivity index (χ4v) is 5.22. The molecule has 7 nitrogen and oxygen atoms in total. The predicted octanol–water partition coefficient (Wildman–Crippen LogP) is 5.58. The van der Waals surface area contributed by atoms with Crippen LogP contribution in [0, 0.1) is 0 Å². The van der Waals surface area contributed by atoms with Gasteiger partial charge in [-0.05, 0) is 54.7 Å². The summed E-state index contributed by atoms with van der Waals surface area (Å²) in [6, 6.07) is 14.9. The third kappa shape index (κ3) is 5.12. The summed E-state index contributed by atoms with van der Waals surface area (Å²) in [5, 5.41) is 6.68. The number of allylic oxidation sites excluding steroid dienone is 1. The highest BCUT2D eigenvalue weighted by Gasteiger charge is 2.38. The van der Waals surface area contributed by atoms with Gasteiger partial charge in [0.1, 0.15) is 0 Å².